The van der Waals surface area contributed by atoms with Crippen LogP contribution in [0.4, 0.5) is 5.82 Å². The molecule has 0 atom stereocenters. The Morgan fingerprint density at radius 1 is 1.35 bits per heavy atom. The third kappa shape index (κ3) is 3.47. The highest BCUT2D eigenvalue weighted by Crippen LogP contribution is 2.23. The molecule has 0 spiro atoms. The minimum atomic E-state index is -3.74. The van der Waals surface area contributed by atoms with Crippen molar-refractivity contribution in [2.45, 2.75) is 18.2 Å². The maximum absolute atomic E-state index is 12.2. The molecule has 2 rings (SSSR count). The molecular formula is C12H11BrClN3O2S. The first-order chi connectivity index (χ1) is 9.42. The van der Waals surface area contributed by atoms with E-state index in [1.165, 1.54) is 12.3 Å². The molecule has 0 saturated heterocycles. The quantitative estimate of drug-likeness (QED) is 0.831. The van der Waals surface area contributed by atoms with Crippen LogP contribution >= 0.6 is 27.5 Å². The van der Waals surface area contributed by atoms with Gasteiger partial charge in [0.15, 0.2) is 0 Å². The number of anilines is 1. The van der Waals surface area contributed by atoms with Crippen molar-refractivity contribution in [2.24, 2.45) is 0 Å². The minimum absolute atomic E-state index is 0.0116. The maximum Gasteiger partial charge on any atom is 0.264 e. The highest BCUT2D eigenvalue weighted by atomic mass is 79.9. The van der Waals surface area contributed by atoms with E-state index in [1.54, 1.807) is 12.3 Å². The van der Waals surface area contributed by atoms with Gasteiger partial charge in [-0.2, -0.15) is 0 Å². The number of rotatable bonds is 4. The van der Waals surface area contributed by atoms with Gasteiger partial charge in [0.05, 0.1) is 4.47 Å². The van der Waals surface area contributed by atoms with E-state index in [0.717, 1.165) is 12.0 Å². The van der Waals surface area contributed by atoms with Crippen molar-refractivity contribution in [1.29, 1.82) is 0 Å². The molecule has 0 fully saturated rings. The highest BCUT2D eigenvalue weighted by molar-refractivity contribution is 9.10. The van der Waals surface area contributed by atoms with Crippen molar-refractivity contribution in [3.05, 3.63) is 45.8 Å². The fraction of sp³-hybridized carbons (Fsp3) is 0.167. The van der Waals surface area contributed by atoms with Crippen LogP contribution < -0.4 is 4.72 Å². The van der Waals surface area contributed by atoms with Crippen LogP contribution in [0.1, 0.15) is 12.5 Å². The number of halogens is 2. The first-order valence-corrected chi connectivity index (χ1v) is 8.36. The molecule has 1 N–H and O–H groups in total. The molecule has 0 unspecified atom stereocenters. The van der Waals surface area contributed by atoms with Crippen LogP contribution in [-0.2, 0) is 16.4 Å². The number of sulfonamides is 1. The lowest BCUT2D eigenvalue weighted by Gasteiger charge is -2.08. The largest absolute Gasteiger partial charge is 0.264 e. The molecule has 0 aliphatic heterocycles. The molecule has 0 saturated carbocycles. The van der Waals surface area contributed by atoms with Gasteiger partial charge < -0.3 is 0 Å². The minimum Gasteiger partial charge on any atom is -0.263 e. The molecule has 2 aromatic heterocycles. The Morgan fingerprint density at radius 2 is 2.10 bits per heavy atom. The van der Waals surface area contributed by atoms with Crippen LogP contribution in [0.2, 0.25) is 5.15 Å². The number of nitrogens with zero attached hydrogens (tertiary/aromatic N) is 2. The van der Waals surface area contributed by atoms with Crippen LogP contribution in [0.3, 0.4) is 0 Å². The number of pyridine rings is 2. The summed E-state index contributed by atoms with van der Waals surface area (Å²) in [6.07, 6.45) is 3.55. The van der Waals surface area contributed by atoms with Crippen molar-refractivity contribution in [3.8, 4) is 0 Å². The van der Waals surface area contributed by atoms with Crippen molar-refractivity contribution in [3.63, 3.8) is 0 Å². The Morgan fingerprint density at radius 3 is 2.75 bits per heavy atom. The summed E-state index contributed by atoms with van der Waals surface area (Å²) in [4.78, 5) is 7.80. The van der Waals surface area contributed by atoms with E-state index in [2.05, 4.69) is 30.6 Å². The molecule has 0 radical (unpaired) electrons. The van der Waals surface area contributed by atoms with Crippen LogP contribution in [0, 0.1) is 0 Å². The summed E-state index contributed by atoms with van der Waals surface area (Å²) in [5.41, 5.74) is 0.994. The third-order valence-electron chi connectivity index (χ3n) is 2.55. The van der Waals surface area contributed by atoms with Gasteiger partial charge in [0, 0.05) is 12.4 Å². The van der Waals surface area contributed by atoms with Gasteiger partial charge in [-0.25, -0.2) is 18.4 Å². The zero-order chi connectivity index (χ0) is 14.8. The van der Waals surface area contributed by atoms with E-state index in [4.69, 9.17) is 11.6 Å². The summed E-state index contributed by atoms with van der Waals surface area (Å²) in [5.74, 6) is 0.274. The van der Waals surface area contributed by atoms with Crippen molar-refractivity contribution >= 4 is 43.4 Å². The molecule has 2 heterocycles. The zero-order valence-electron chi connectivity index (χ0n) is 10.5. The molecule has 0 aliphatic rings. The van der Waals surface area contributed by atoms with Gasteiger partial charge >= 0.3 is 0 Å². The second kappa shape index (κ2) is 6.07. The summed E-state index contributed by atoms with van der Waals surface area (Å²) in [6.45, 7) is 1.98. The lowest BCUT2D eigenvalue weighted by molar-refractivity contribution is 0.600. The molecule has 0 aromatic carbocycles. The predicted octanol–water partition coefficient (Wildman–Crippen LogP) is 3.26. The summed E-state index contributed by atoms with van der Waals surface area (Å²) in [6, 6.07) is 4.91. The Balaban J connectivity index is 2.32. The lowest BCUT2D eigenvalue weighted by Crippen LogP contribution is -2.14. The zero-order valence-corrected chi connectivity index (χ0v) is 13.6. The van der Waals surface area contributed by atoms with E-state index >= 15 is 0 Å². The highest BCUT2D eigenvalue weighted by Gasteiger charge is 2.17. The monoisotopic (exact) mass is 375 g/mol. The Hall–Kier alpha value is -1.18. The van der Waals surface area contributed by atoms with Crippen molar-refractivity contribution in [2.75, 3.05) is 4.72 Å². The third-order valence-corrected chi connectivity index (χ3v) is 5.01. The van der Waals surface area contributed by atoms with Crippen LogP contribution in [0.5, 0.6) is 0 Å². The van der Waals surface area contributed by atoms with Crippen LogP contribution in [0.25, 0.3) is 0 Å². The van der Waals surface area contributed by atoms with Crippen molar-refractivity contribution < 1.29 is 8.42 Å². The SMILES string of the molecule is CCc1ccnc(NS(=O)(=O)c2cnc(Cl)c(Br)c2)c1. The summed E-state index contributed by atoms with van der Waals surface area (Å²) in [7, 11) is -3.74. The lowest BCUT2D eigenvalue weighted by atomic mass is 10.2. The van der Waals surface area contributed by atoms with Crippen molar-refractivity contribution in [1.82, 2.24) is 9.97 Å². The molecule has 2 aromatic rings. The molecule has 0 amide bonds. The predicted molar refractivity (Wildman–Crippen MR) is 81.4 cm³/mol. The molecule has 5 nitrogen and oxygen atoms in total. The van der Waals surface area contributed by atoms with Gasteiger partial charge in [-0.3, -0.25) is 4.72 Å². The molecule has 8 heteroatoms. The number of nitrogens with one attached hydrogen (secondary N) is 1. The Labute approximate surface area is 130 Å². The van der Waals surface area contributed by atoms with Crippen LogP contribution in [0.15, 0.2) is 40.0 Å². The number of hydrogen-bond acceptors (Lipinski definition) is 4. The average molecular weight is 377 g/mol. The number of hydrogen-bond donors (Lipinski definition) is 1. The van der Waals surface area contributed by atoms with Gasteiger partial charge in [0.2, 0.25) is 0 Å². The van der Waals surface area contributed by atoms with Gasteiger partial charge in [0.1, 0.15) is 15.9 Å². The Kier molecular flexibility index (Phi) is 4.62. The molecule has 20 heavy (non-hydrogen) atoms. The molecule has 106 valence electrons. The number of aryl methyl sites for hydroxylation is 1. The topological polar surface area (TPSA) is 72.0 Å². The first-order valence-electron chi connectivity index (χ1n) is 5.71. The van der Waals surface area contributed by atoms with E-state index in [9.17, 15) is 8.42 Å². The maximum atomic E-state index is 12.2. The molecule has 0 bridgehead atoms. The van der Waals surface area contributed by atoms with Gasteiger partial charge in [0.25, 0.3) is 10.0 Å². The fourth-order valence-electron chi connectivity index (χ4n) is 1.50. The number of aromatic nitrogens is 2. The molecule has 0 aliphatic carbocycles. The smallest absolute Gasteiger partial charge is 0.263 e. The van der Waals surface area contributed by atoms with E-state index in [-0.39, 0.29) is 15.9 Å². The average Bonchev–Trinajstić information content (AvgIpc) is 2.41. The second-order valence-corrected chi connectivity index (χ2v) is 6.85. The summed E-state index contributed by atoms with van der Waals surface area (Å²) >= 11 is 8.89. The fourth-order valence-corrected chi connectivity index (χ4v) is 3.07. The first kappa shape index (κ1) is 15.2. The summed E-state index contributed by atoms with van der Waals surface area (Å²) in [5, 5.41) is 0.204. The van der Waals surface area contributed by atoms with E-state index in [1.807, 2.05) is 13.0 Å². The normalized spacial score (nSPS) is 11.3. The second-order valence-electron chi connectivity index (χ2n) is 3.95. The van der Waals surface area contributed by atoms with Gasteiger partial charge in [-0.05, 0) is 46.1 Å². The molecular weight excluding hydrogens is 366 g/mol. The standard InChI is InChI=1S/C12H11BrClN3O2S/c1-2-8-3-4-15-11(5-8)17-20(18,19)9-6-10(13)12(14)16-7-9/h3-7H,2H2,1H3,(H,15,17). The van der Waals surface area contributed by atoms with Gasteiger partial charge in [-0.15, -0.1) is 0 Å². The van der Waals surface area contributed by atoms with E-state index < -0.39 is 10.0 Å². The van der Waals surface area contributed by atoms with E-state index in [0.29, 0.717) is 4.47 Å². The Bertz CT molecular complexity index is 737. The van der Waals surface area contributed by atoms with Crippen LogP contribution in [-0.4, -0.2) is 18.4 Å². The van der Waals surface area contributed by atoms with Gasteiger partial charge in [-0.1, -0.05) is 18.5 Å². The summed E-state index contributed by atoms with van der Waals surface area (Å²) < 4.78 is 27.2.